The van der Waals surface area contributed by atoms with Crippen molar-refractivity contribution in [3.63, 3.8) is 0 Å². The van der Waals surface area contributed by atoms with Crippen LogP contribution in [0.2, 0.25) is 0 Å². The first-order chi connectivity index (χ1) is 4.84. The lowest BCUT2D eigenvalue weighted by Gasteiger charge is -2.08. The Hall–Kier alpha value is -0.120. The van der Waals surface area contributed by atoms with Gasteiger partial charge in [0.2, 0.25) is 0 Å². The van der Waals surface area contributed by atoms with E-state index in [1.54, 1.807) is 0 Å². The van der Waals surface area contributed by atoms with Gasteiger partial charge in [-0.1, -0.05) is 13.8 Å². The molecule has 1 saturated heterocycles. The minimum atomic E-state index is -0.306. The van der Waals surface area contributed by atoms with Crippen LogP contribution in [0.25, 0.3) is 0 Å². The summed E-state index contributed by atoms with van der Waals surface area (Å²) >= 11 is 0. The first-order valence-corrected chi connectivity index (χ1v) is 3.77. The Kier molecular flexibility index (Phi) is 5.58. The number of aliphatic hydroxyl groups is 1. The number of rotatable bonds is 1. The molecule has 1 heterocycles. The van der Waals surface area contributed by atoms with Gasteiger partial charge in [0.15, 0.2) is 0 Å². The van der Waals surface area contributed by atoms with E-state index in [4.69, 9.17) is 9.84 Å². The standard InChI is InChI=1S/C5H11NO2.C2H6/c1-6-4-2-8-3-5(4)7;1-2/h4-7H,2-3H2,1H3;1-2H3. The number of aliphatic hydroxyl groups excluding tert-OH is 1. The number of nitrogens with one attached hydrogen (secondary N) is 1. The van der Waals surface area contributed by atoms with Crippen LogP contribution >= 0.6 is 0 Å². The summed E-state index contributed by atoms with van der Waals surface area (Å²) in [6, 6.07) is 0.148. The fourth-order valence-electron chi connectivity index (χ4n) is 0.819. The molecule has 3 heteroatoms. The van der Waals surface area contributed by atoms with E-state index in [0.717, 1.165) is 0 Å². The number of likely N-dealkylation sites (N-methyl/N-ethyl adjacent to an activating group) is 1. The van der Waals surface area contributed by atoms with Crippen LogP contribution in [-0.4, -0.2) is 37.5 Å². The van der Waals surface area contributed by atoms with Crippen LogP contribution in [0.5, 0.6) is 0 Å². The van der Waals surface area contributed by atoms with Crippen LogP contribution in [0.4, 0.5) is 0 Å². The number of hydrogen-bond donors (Lipinski definition) is 2. The summed E-state index contributed by atoms with van der Waals surface area (Å²) in [5, 5.41) is 11.9. The molecule has 0 aromatic heterocycles. The molecule has 1 aliphatic rings. The van der Waals surface area contributed by atoms with Crippen LogP contribution in [0.1, 0.15) is 13.8 Å². The molecule has 0 aromatic carbocycles. The van der Waals surface area contributed by atoms with Crippen molar-refractivity contribution in [2.75, 3.05) is 20.3 Å². The van der Waals surface area contributed by atoms with Crippen molar-refractivity contribution in [3.8, 4) is 0 Å². The Morgan fingerprint density at radius 1 is 1.40 bits per heavy atom. The van der Waals surface area contributed by atoms with Crippen LogP contribution in [0, 0.1) is 0 Å². The number of ether oxygens (including phenoxy) is 1. The summed E-state index contributed by atoms with van der Waals surface area (Å²) in [4.78, 5) is 0. The smallest absolute Gasteiger partial charge is 0.0948 e. The maximum atomic E-state index is 9.00. The molecule has 0 aliphatic carbocycles. The second-order valence-corrected chi connectivity index (χ2v) is 2.00. The van der Waals surface area contributed by atoms with E-state index in [-0.39, 0.29) is 12.1 Å². The van der Waals surface area contributed by atoms with Crippen molar-refractivity contribution >= 4 is 0 Å². The fraction of sp³-hybridized carbons (Fsp3) is 1.00. The third kappa shape index (κ3) is 2.64. The molecule has 1 rings (SSSR count). The van der Waals surface area contributed by atoms with Gasteiger partial charge < -0.3 is 15.2 Å². The lowest BCUT2D eigenvalue weighted by atomic mass is 10.2. The molecule has 0 saturated carbocycles. The normalized spacial score (nSPS) is 31.2. The number of hydrogen-bond acceptors (Lipinski definition) is 3. The van der Waals surface area contributed by atoms with Crippen LogP contribution in [0.15, 0.2) is 0 Å². The summed E-state index contributed by atoms with van der Waals surface area (Å²) in [6.07, 6.45) is -0.306. The van der Waals surface area contributed by atoms with Crippen molar-refractivity contribution in [2.45, 2.75) is 26.0 Å². The van der Waals surface area contributed by atoms with Gasteiger partial charge in [-0.3, -0.25) is 0 Å². The average molecular weight is 147 g/mol. The van der Waals surface area contributed by atoms with Crippen molar-refractivity contribution in [1.82, 2.24) is 5.32 Å². The Morgan fingerprint density at radius 2 is 2.00 bits per heavy atom. The van der Waals surface area contributed by atoms with E-state index < -0.39 is 0 Å². The first-order valence-electron chi connectivity index (χ1n) is 3.77. The van der Waals surface area contributed by atoms with Crippen LogP contribution < -0.4 is 5.32 Å². The molecule has 2 atom stereocenters. The molecule has 1 fully saturated rings. The second kappa shape index (κ2) is 5.65. The van der Waals surface area contributed by atoms with E-state index >= 15 is 0 Å². The van der Waals surface area contributed by atoms with Gasteiger partial charge in [-0.15, -0.1) is 0 Å². The van der Waals surface area contributed by atoms with Crippen LogP contribution in [-0.2, 0) is 4.74 Å². The van der Waals surface area contributed by atoms with Gasteiger partial charge in [-0.2, -0.15) is 0 Å². The molecule has 0 bridgehead atoms. The van der Waals surface area contributed by atoms with Crippen LogP contribution in [0.3, 0.4) is 0 Å². The van der Waals surface area contributed by atoms with Gasteiger partial charge in [-0.05, 0) is 7.05 Å². The van der Waals surface area contributed by atoms with Gasteiger partial charge in [0.25, 0.3) is 0 Å². The Balaban J connectivity index is 0.000000371. The minimum absolute atomic E-state index is 0.148. The largest absolute Gasteiger partial charge is 0.389 e. The monoisotopic (exact) mass is 147 g/mol. The topological polar surface area (TPSA) is 41.5 Å². The maximum Gasteiger partial charge on any atom is 0.0948 e. The zero-order chi connectivity index (χ0) is 7.98. The van der Waals surface area contributed by atoms with Gasteiger partial charge in [0, 0.05) is 0 Å². The van der Waals surface area contributed by atoms with E-state index in [9.17, 15) is 0 Å². The van der Waals surface area contributed by atoms with E-state index in [1.165, 1.54) is 0 Å². The maximum absolute atomic E-state index is 9.00. The van der Waals surface area contributed by atoms with E-state index in [0.29, 0.717) is 13.2 Å². The summed E-state index contributed by atoms with van der Waals surface area (Å²) in [5.41, 5.74) is 0. The summed E-state index contributed by atoms with van der Waals surface area (Å²) < 4.78 is 4.95. The zero-order valence-electron chi connectivity index (χ0n) is 6.92. The molecule has 2 N–H and O–H groups in total. The lowest BCUT2D eigenvalue weighted by Crippen LogP contribution is -2.35. The average Bonchev–Trinajstić information content (AvgIpc) is 2.39. The summed E-state index contributed by atoms with van der Waals surface area (Å²) in [7, 11) is 1.82. The molecule has 0 amide bonds. The third-order valence-electron chi connectivity index (χ3n) is 1.42. The predicted molar refractivity (Wildman–Crippen MR) is 41.0 cm³/mol. The second-order valence-electron chi connectivity index (χ2n) is 2.00. The SMILES string of the molecule is CC.CNC1COCC1O. The molecule has 0 radical (unpaired) electrons. The van der Waals surface area contributed by atoms with Gasteiger partial charge in [-0.25, -0.2) is 0 Å². The molecule has 3 nitrogen and oxygen atoms in total. The Bertz CT molecular complexity index is 78.0. The molecule has 10 heavy (non-hydrogen) atoms. The highest BCUT2D eigenvalue weighted by atomic mass is 16.5. The highest BCUT2D eigenvalue weighted by Crippen LogP contribution is 2.02. The third-order valence-corrected chi connectivity index (χ3v) is 1.42. The van der Waals surface area contributed by atoms with Crippen molar-refractivity contribution in [2.24, 2.45) is 0 Å². The Morgan fingerprint density at radius 3 is 2.20 bits per heavy atom. The van der Waals surface area contributed by atoms with E-state index in [1.807, 2.05) is 20.9 Å². The van der Waals surface area contributed by atoms with Gasteiger partial charge >= 0.3 is 0 Å². The fourth-order valence-corrected chi connectivity index (χ4v) is 0.819. The first kappa shape index (κ1) is 9.88. The lowest BCUT2D eigenvalue weighted by molar-refractivity contribution is 0.123. The predicted octanol–water partition coefficient (Wildman–Crippen LogP) is -0.00830. The molecule has 1 aliphatic heterocycles. The van der Waals surface area contributed by atoms with E-state index in [2.05, 4.69) is 5.32 Å². The van der Waals surface area contributed by atoms with Gasteiger partial charge in [0.05, 0.1) is 25.4 Å². The van der Waals surface area contributed by atoms with Crippen molar-refractivity contribution in [1.29, 1.82) is 0 Å². The zero-order valence-corrected chi connectivity index (χ0v) is 6.92. The molecule has 2 unspecified atom stereocenters. The minimum Gasteiger partial charge on any atom is -0.389 e. The highest BCUT2D eigenvalue weighted by molar-refractivity contribution is 4.78. The highest BCUT2D eigenvalue weighted by Gasteiger charge is 2.23. The molecular weight excluding hydrogens is 130 g/mol. The van der Waals surface area contributed by atoms with Crippen molar-refractivity contribution < 1.29 is 9.84 Å². The van der Waals surface area contributed by atoms with Gasteiger partial charge in [0.1, 0.15) is 0 Å². The molecule has 0 aromatic rings. The molecule has 62 valence electrons. The summed E-state index contributed by atoms with van der Waals surface area (Å²) in [6.45, 7) is 5.11. The van der Waals surface area contributed by atoms with Crippen molar-refractivity contribution in [3.05, 3.63) is 0 Å². The molecular formula is C7H17NO2. The Labute approximate surface area is 62.4 Å². The quantitative estimate of drug-likeness (QED) is 0.548. The molecule has 0 spiro atoms. The summed E-state index contributed by atoms with van der Waals surface area (Å²) in [5.74, 6) is 0.